The lowest BCUT2D eigenvalue weighted by Gasteiger charge is -2.32. The zero-order chi connectivity index (χ0) is 29.7. The highest BCUT2D eigenvalue weighted by Gasteiger charge is 2.38. The number of rotatable bonds is 11. The Morgan fingerprint density at radius 3 is 2.60 bits per heavy atom. The molecule has 1 aliphatic heterocycles. The summed E-state index contributed by atoms with van der Waals surface area (Å²) in [5.74, 6) is -2.41. The summed E-state index contributed by atoms with van der Waals surface area (Å²) in [6, 6.07) is 5.98. The molecule has 0 saturated carbocycles. The van der Waals surface area contributed by atoms with Crippen molar-refractivity contribution in [2.45, 2.75) is 53.8 Å². The number of anilines is 1. The molecule has 40 heavy (non-hydrogen) atoms. The Morgan fingerprint density at radius 1 is 1.27 bits per heavy atom. The molecule has 3 rings (SSSR count). The lowest BCUT2D eigenvalue weighted by atomic mass is 9.95. The van der Waals surface area contributed by atoms with Gasteiger partial charge in [-0.05, 0) is 64.5 Å². The number of sulfonamides is 1. The van der Waals surface area contributed by atoms with Gasteiger partial charge < -0.3 is 15.0 Å². The number of hydrogen-bond donors (Lipinski definition) is 2. The maximum absolute atomic E-state index is 15.3. The second kappa shape index (κ2) is 13.4. The van der Waals surface area contributed by atoms with Crippen molar-refractivity contribution in [1.82, 2.24) is 9.62 Å². The molecule has 1 aliphatic rings. The molecule has 0 spiro atoms. The van der Waals surface area contributed by atoms with Crippen molar-refractivity contribution in [2.75, 3.05) is 38.3 Å². The Labute approximate surface area is 241 Å². The average molecular weight is 619 g/mol. The average Bonchev–Trinajstić information content (AvgIpc) is 2.87. The first-order valence-electron chi connectivity index (χ1n) is 12.3. The van der Waals surface area contributed by atoms with Crippen LogP contribution < -0.4 is 10.0 Å². The standard InChI is InChI=1S/C26H30ClF3N4O4S2/c1-26(8-4-5-9-38-26)25(35)33-40(36,37)18-10-16(13-31)24(19(27)12-18)32-22(21(30)14-34(2)3)15-39-23-7-6-17(28)11-20(23)29/h6-7,10-12,21-22,32H,4-5,8-9,14-15H2,1-3H3,(H,33,35)/t21-,22-,26+/m0/s1. The van der Waals surface area contributed by atoms with Crippen molar-refractivity contribution in [3.63, 3.8) is 0 Å². The number of carbonyl (C=O) groups excluding carboxylic acids is 1. The van der Waals surface area contributed by atoms with Gasteiger partial charge in [0.1, 0.15) is 29.5 Å². The Bertz CT molecular complexity index is 1380. The fourth-order valence-electron chi connectivity index (χ4n) is 4.04. The van der Waals surface area contributed by atoms with E-state index in [-0.39, 0.29) is 33.5 Å². The first kappa shape index (κ1) is 32.0. The number of alkyl halides is 1. The second-order valence-corrected chi connectivity index (χ2v) is 13.0. The van der Waals surface area contributed by atoms with Gasteiger partial charge >= 0.3 is 0 Å². The van der Waals surface area contributed by atoms with E-state index in [9.17, 15) is 27.3 Å². The van der Waals surface area contributed by atoms with Crippen LogP contribution >= 0.6 is 23.4 Å². The third-order valence-corrected chi connectivity index (χ3v) is 9.07. The minimum atomic E-state index is -4.43. The van der Waals surface area contributed by atoms with E-state index < -0.39 is 50.3 Å². The number of hydrogen-bond acceptors (Lipinski definition) is 8. The van der Waals surface area contributed by atoms with E-state index in [1.165, 1.54) is 13.0 Å². The molecule has 2 aromatic rings. The Balaban J connectivity index is 1.87. The lowest BCUT2D eigenvalue weighted by molar-refractivity contribution is -0.148. The molecule has 0 unspecified atom stereocenters. The minimum absolute atomic E-state index is 0.0244. The molecule has 14 heteroatoms. The summed E-state index contributed by atoms with van der Waals surface area (Å²) >= 11 is 7.33. The van der Waals surface area contributed by atoms with E-state index >= 15 is 4.39 Å². The van der Waals surface area contributed by atoms with Crippen LogP contribution in [0.2, 0.25) is 5.02 Å². The highest BCUT2D eigenvalue weighted by Crippen LogP contribution is 2.33. The molecule has 0 aromatic heterocycles. The van der Waals surface area contributed by atoms with E-state index in [1.807, 2.05) is 10.8 Å². The van der Waals surface area contributed by atoms with Crippen LogP contribution in [-0.4, -0.2) is 70.0 Å². The number of carbonyl (C=O) groups is 1. The molecule has 1 heterocycles. The molecule has 1 fully saturated rings. The fraction of sp³-hybridized carbons (Fsp3) is 0.462. The zero-order valence-corrected chi connectivity index (χ0v) is 24.5. The number of halogens is 4. The third-order valence-electron chi connectivity index (χ3n) is 6.29. The number of ether oxygens (including phenoxy) is 1. The third kappa shape index (κ3) is 8.04. The monoisotopic (exact) mass is 618 g/mol. The minimum Gasteiger partial charge on any atom is -0.376 e. The van der Waals surface area contributed by atoms with Gasteiger partial charge in [0.05, 0.1) is 27.2 Å². The van der Waals surface area contributed by atoms with Crippen molar-refractivity contribution in [1.29, 1.82) is 5.26 Å². The predicted molar refractivity (Wildman–Crippen MR) is 148 cm³/mol. The van der Waals surface area contributed by atoms with Gasteiger partial charge in [-0.25, -0.2) is 26.3 Å². The number of nitriles is 1. The fourth-order valence-corrected chi connectivity index (χ4v) is 6.52. The lowest BCUT2D eigenvalue weighted by Crippen LogP contribution is -2.50. The molecule has 8 nitrogen and oxygen atoms in total. The van der Waals surface area contributed by atoms with E-state index in [0.29, 0.717) is 19.4 Å². The smallest absolute Gasteiger partial charge is 0.265 e. The summed E-state index contributed by atoms with van der Waals surface area (Å²) in [7, 11) is -1.11. The Kier molecular flexibility index (Phi) is 10.8. The normalized spacial score (nSPS) is 19.1. The number of nitrogens with zero attached hydrogens (tertiary/aromatic N) is 2. The van der Waals surface area contributed by atoms with Crippen LogP contribution in [-0.2, 0) is 19.6 Å². The SMILES string of the molecule is CN(C)C[C@H](F)[C@H](CSc1ccc(F)cc1F)Nc1c(Cl)cc(S(=O)(=O)NC(=O)[C@@]2(C)CCCCO2)cc1C#N. The van der Waals surface area contributed by atoms with Crippen LogP contribution in [0.4, 0.5) is 18.9 Å². The topological polar surface area (TPSA) is 112 Å². The van der Waals surface area contributed by atoms with Gasteiger partial charge in [0.2, 0.25) is 0 Å². The molecule has 2 aromatic carbocycles. The summed E-state index contributed by atoms with van der Waals surface area (Å²) in [4.78, 5) is 14.0. The molecule has 3 atom stereocenters. The quantitative estimate of drug-likeness (QED) is 0.348. The van der Waals surface area contributed by atoms with Crippen LogP contribution in [0.25, 0.3) is 0 Å². The van der Waals surface area contributed by atoms with E-state index in [1.54, 1.807) is 19.0 Å². The van der Waals surface area contributed by atoms with Crippen molar-refractivity contribution in [3.8, 4) is 6.07 Å². The van der Waals surface area contributed by atoms with Crippen molar-refractivity contribution in [2.24, 2.45) is 0 Å². The Morgan fingerprint density at radius 2 is 2.00 bits per heavy atom. The van der Waals surface area contributed by atoms with E-state index in [4.69, 9.17) is 16.3 Å². The molecular formula is C26H30ClF3N4O4S2. The molecule has 0 radical (unpaired) electrons. The maximum atomic E-state index is 15.3. The van der Waals surface area contributed by atoms with Gasteiger partial charge in [-0.15, -0.1) is 11.8 Å². The van der Waals surface area contributed by atoms with Crippen LogP contribution in [0.3, 0.4) is 0 Å². The summed E-state index contributed by atoms with van der Waals surface area (Å²) < 4.78 is 76.3. The highest BCUT2D eigenvalue weighted by atomic mass is 35.5. The largest absolute Gasteiger partial charge is 0.376 e. The molecule has 218 valence electrons. The summed E-state index contributed by atoms with van der Waals surface area (Å²) in [6.45, 7) is 1.81. The molecule has 2 N–H and O–H groups in total. The summed E-state index contributed by atoms with van der Waals surface area (Å²) in [5, 5.41) is 12.5. The van der Waals surface area contributed by atoms with Gasteiger partial charge in [0, 0.05) is 29.9 Å². The molecule has 0 bridgehead atoms. The summed E-state index contributed by atoms with van der Waals surface area (Å²) in [6.07, 6.45) is 0.288. The van der Waals surface area contributed by atoms with Crippen molar-refractivity contribution < 1.29 is 31.1 Å². The van der Waals surface area contributed by atoms with Crippen LogP contribution in [0.15, 0.2) is 40.1 Å². The van der Waals surface area contributed by atoms with Gasteiger partial charge in [-0.2, -0.15) is 5.26 Å². The molecular weight excluding hydrogens is 589 g/mol. The number of nitrogens with one attached hydrogen (secondary N) is 2. The van der Waals surface area contributed by atoms with Gasteiger partial charge in [0.25, 0.3) is 15.9 Å². The predicted octanol–water partition coefficient (Wildman–Crippen LogP) is 4.73. The number of thioether (sulfide) groups is 1. The molecule has 0 aliphatic carbocycles. The van der Waals surface area contributed by atoms with Crippen LogP contribution in [0.5, 0.6) is 0 Å². The van der Waals surface area contributed by atoms with E-state index in [2.05, 4.69) is 5.32 Å². The molecule has 1 saturated heterocycles. The van der Waals surface area contributed by atoms with Crippen LogP contribution in [0.1, 0.15) is 31.7 Å². The van der Waals surface area contributed by atoms with Gasteiger partial charge in [-0.1, -0.05) is 11.6 Å². The highest BCUT2D eigenvalue weighted by molar-refractivity contribution is 7.99. The summed E-state index contributed by atoms with van der Waals surface area (Å²) in [5.41, 5.74) is -1.55. The van der Waals surface area contributed by atoms with Crippen molar-refractivity contribution >= 4 is 45.0 Å². The maximum Gasteiger partial charge on any atom is 0.265 e. The van der Waals surface area contributed by atoms with Crippen LogP contribution in [0, 0.1) is 23.0 Å². The number of amides is 1. The van der Waals surface area contributed by atoms with E-state index in [0.717, 1.165) is 42.4 Å². The Hall–Kier alpha value is -2.50. The van der Waals surface area contributed by atoms with Gasteiger partial charge in [-0.3, -0.25) is 4.79 Å². The first-order chi connectivity index (χ1) is 18.8. The first-order valence-corrected chi connectivity index (χ1v) is 15.2. The second-order valence-electron chi connectivity index (χ2n) is 9.83. The molecule has 1 amide bonds. The van der Waals surface area contributed by atoms with Crippen molar-refractivity contribution in [3.05, 3.63) is 52.6 Å². The number of benzene rings is 2. The van der Waals surface area contributed by atoms with Gasteiger partial charge in [0.15, 0.2) is 0 Å². The zero-order valence-electron chi connectivity index (χ0n) is 22.1.